The van der Waals surface area contributed by atoms with E-state index in [1.54, 1.807) is 12.4 Å². The van der Waals surface area contributed by atoms with E-state index in [9.17, 15) is 4.79 Å². The predicted molar refractivity (Wildman–Crippen MR) is 144 cm³/mol. The second-order valence-electron chi connectivity index (χ2n) is 14.6. The fourth-order valence-corrected chi connectivity index (χ4v) is 5.59. The largest absolute Gasteiger partial charge is 0.373 e. The van der Waals surface area contributed by atoms with Crippen LogP contribution in [0.4, 0.5) is 0 Å². The maximum atomic E-state index is 12.9. The van der Waals surface area contributed by atoms with Crippen LogP contribution >= 0.6 is 0 Å². The third kappa shape index (κ3) is 7.76. The lowest BCUT2D eigenvalue weighted by Gasteiger charge is -2.45. The molecule has 2 aliphatic rings. The third-order valence-corrected chi connectivity index (χ3v) is 7.25. The number of hydrogen-bond donors (Lipinski definition) is 0. The summed E-state index contributed by atoms with van der Waals surface area (Å²) in [7, 11) is 0. The SMILES string of the molecule is CC(C)(C)C1CCN(C(=O)c2ccncc2)C1C(C)(C)C.CC(C)(C)C1OCCOC1C(C)(C)C. The van der Waals surface area contributed by atoms with Crippen LogP contribution < -0.4 is 0 Å². The molecule has 3 rings (SSSR count). The van der Waals surface area contributed by atoms with E-state index in [1.807, 2.05) is 12.1 Å². The Hall–Kier alpha value is -1.46. The van der Waals surface area contributed by atoms with Gasteiger partial charge in [-0.3, -0.25) is 9.78 Å². The van der Waals surface area contributed by atoms with Crippen molar-refractivity contribution in [2.45, 2.75) is 108 Å². The van der Waals surface area contributed by atoms with E-state index >= 15 is 0 Å². The summed E-state index contributed by atoms with van der Waals surface area (Å²) in [4.78, 5) is 19.0. The van der Waals surface area contributed by atoms with E-state index in [0.717, 1.165) is 31.7 Å². The van der Waals surface area contributed by atoms with E-state index in [0.29, 0.717) is 5.92 Å². The predicted octanol–water partition coefficient (Wildman–Crippen LogP) is 6.87. The first-order valence-corrected chi connectivity index (χ1v) is 13.3. The normalized spacial score (nSPS) is 26.2. The van der Waals surface area contributed by atoms with Gasteiger partial charge in [0.25, 0.3) is 5.91 Å². The molecule has 0 aliphatic carbocycles. The van der Waals surface area contributed by atoms with Crippen LogP contribution in [0.5, 0.6) is 0 Å². The van der Waals surface area contributed by atoms with Crippen LogP contribution in [0.2, 0.25) is 0 Å². The summed E-state index contributed by atoms with van der Waals surface area (Å²) < 4.78 is 11.7. The topological polar surface area (TPSA) is 51.7 Å². The Balaban J connectivity index is 0.000000269. The lowest BCUT2D eigenvalue weighted by molar-refractivity contribution is -0.204. The summed E-state index contributed by atoms with van der Waals surface area (Å²) in [6, 6.07) is 3.90. The fourth-order valence-electron chi connectivity index (χ4n) is 5.59. The summed E-state index contributed by atoms with van der Waals surface area (Å²) in [5.74, 6) is 0.673. The third-order valence-electron chi connectivity index (χ3n) is 7.25. The molecule has 2 saturated heterocycles. The Kier molecular flexibility index (Phi) is 9.26. The van der Waals surface area contributed by atoms with E-state index in [2.05, 4.69) is 93.0 Å². The second-order valence-corrected chi connectivity index (χ2v) is 14.6. The van der Waals surface area contributed by atoms with Gasteiger partial charge in [-0.25, -0.2) is 0 Å². The van der Waals surface area contributed by atoms with Crippen molar-refractivity contribution in [2.75, 3.05) is 19.8 Å². The number of likely N-dealkylation sites (tertiary alicyclic amines) is 1. The summed E-state index contributed by atoms with van der Waals surface area (Å²) in [6.07, 6.45) is 4.88. The molecule has 2 aliphatic heterocycles. The molecule has 4 unspecified atom stereocenters. The van der Waals surface area contributed by atoms with Crippen molar-refractivity contribution in [3.05, 3.63) is 30.1 Å². The van der Waals surface area contributed by atoms with Crippen LogP contribution in [0.1, 0.15) is 99.9 Å². The zero-order valence-corrected chi connectivity index (χ0v) is 24.6. The number of carbonyl (C=O) groups is 1. The number of carbonyl (C=O) groups excluding carboxylic acids is 1. The van der Waals surface area contributed by atoms with Crippen molar-refractivity contribution >= 4 is 5.91 Å². The maximum absolute atomic E-state index is 12.9. The molecule has 0 N–H and O–H groups in total. The van der Waals surface area contributed by atoms with Crippen LogP contribution in [0, 0.1) is 27.6 Å². The van der Waals surface area contributed by atoms with Gasteiger partial charge in [-0.05, 0) is 46.1 Å². The van der Waals surface area contributed by atoms with Gasteiger partial charge in [0.15, 0.2) is 0 Å². The first kappa shape index (κ1) is 29.8. The zero-order chi connectivity index (χ0) is 26.8. The van der Waals surface area contributed by atoms with E-state index in [1.165, 1.54) is 0 Å². The second kappa shape index (κ2) is 10.9. The first-order valence-electron chi connectivity index (χ1n) is 13.3. The van der Waals surface area contributed by atoms with Gasteiger partial charge in [-0.15, -0.1) is 0 Å². The number of hydrogen-bond acceptors (Lipinski definition) is 4. The molecule has 3 heterocycles. The molecule has 0 saturated carbocycles. The summed E-state index contributed by atoms with van der Waals surface area (Å²) >= 11 is 0. The van der Waals surface area contributed by atoms with E-state index < -0.39 is 0 Å². The summed E-state index contributed by atoms with van der Waals surface area (Å²) in [6.45, 7) is 29.2. The Morgan fingerprint density at radius 1 is 0.771 bits per heavy atom. The van der Waals surface area contributed by atoms with E-state index in [4.69, 9.17) is 9.47 Å². The Bertz CT molecular complexity index is 787. The number of rotatable bonds is 1. The van der Waals surface area contributed by atoms with Gasteiger partial charge in [-0.1, -0.05) is 83.1 Å². The van der Waals surface area contributed by atoms with Crippen molar-refractivity contribution in [3.63, 3.8) is 0 Å². The minimum atomic E-state index is 0.0805. The van der Waals surface area contributed by atoms with Gasteiger partial charge in [-0.2, -0.15) is 0 Å². The fraction of sp³-hybridized carbons (Fsp3) is 0.800. The van der Waals surface area contributed by atoms with E-state index in [-0.39, 0.29) is 45.8 Å². The maximum Gasteiger partial charge on any atom is 0.254 e. The Morgan fingerprint density at radius 2 is 1.23 bits per heavy atom. The molecule has 4 atom stereocenters. The lowest BCUT2D eigenvalue weighted by Crippen LogP contribution is -2.52. The molecule has 1 aromatic rings. The van der Waals surface area contributed by atoms with Gasteiger partial charge in [0.2, 0.25) is 0 Å². The zero-order valence-electron chi connectivity index (χ0n) is 24.6. The Morgan fingerprint density at radius 3 is 1.60 bits per heavy atom. The molecule has 5 nitrogen and oxygen atoms in total. The molecule has 0 aromatic carbocycles. The molecule has 200 valence electrons. The van der Waals surface area contributed by atoms with Crippen molar-refractivity contribution in [1.29, 1.82) is 0 Å². The highest BCUT2D eigenvalue weighted by Gasteiger charge is 2.48. The number of aromatic nitrogens is 1. The lowest BCUT2D eigenvalue weighted by atomic mass is 9.68. The molecule has 35 heavy (non-hydrogen) atoms. The van der Waals surface area contributed by atoms with Gasteiger partial charge in [0.1, 0.15) is 0 Å². The average Bonchev–Trinajstić information content (AvgIpc) is 3.20. The molecular formula is C30H52N2O3. The highest BCUT2D eigenvalue weighted by atomic mass is 16.6. The number of ether oxygens (including phenoxy) is 2. The van der Waals surface area contributed by atoms with Gasteiger partial charge >= 0.3 is 0 Å². The molecule has 5 heteroatoms. The number of pyridine rings is 1. The van der Waals surface area contributed by atoms with Crippen molar-refractivity contribution in [2.24, 2.45) is 27.6 Å². The summed E-state index contributed by atoms with van der Waals surface area (Å²) in [5, 5.41) is 0. The Labute approximate surface area is 215 Å². The van der Waals surface area contributed by atoms with Crippen molar-refractivity contribution in [1.82, 2.24) is 9.88 Å². The molecule has 1 amide bonds. The minimum absolute atomic E-state index is 0.0805. The first-order chi connectivity index (χ1) is 15.8. The highest BCUT2D eigenvalue weighted by molar-refractivity contribution is 5.94. The van der Waals surface area contributed by atoms with Crippen LogP contribution in [0.3, 0.4) is 0 Å². The molecule has 1 aromatic heterocycles. The molecule has 2 fully saturated rings. The van der Waals surface area contributed by atoms with Gasteiger partial charge in [0, 0.05) is 30.5 Å². The minimum Gasteiger partial charge on any atom is -0.373 e. The van der Waals surface area contributed by atoms with Crippen LogP contribution in [0.15, 0.2) is 24.5 Å². The number of nitrogens with zero attached hydrogens (tertiary/aromatic N) is 2. The van der Waals surface area contributed by atoms with Crippen LogP contribution in [0.25, 0.3) is 0 Å². The average molecular weight is 489 g/mol. The monoisotopic (exact) mass is 488 g/mol. The highest BCUT2D eigenvalue weighted by Crippen LogP contribution is 2.45. The molecule has 0 radical (unpaired) electrons. The van der Waals surface area contributed by atoms with Crippen molar-refractivity contribution in [3.8, 4) is 0 Å². The van der Waals surface area contributed by atoms with Gasteiger partial charge < -0.3 is 14.4 Å². The van der Waals surface area contributed by atoms with Crippen LogP contribution in [-0.4, -0.2) is 53.8 Å². The molecular weight excluding hydrogens is 436 g/mol. The number of amides is 1. The standard InChI is InChI=1S/C18H28N2O.C12H24O2/c1-17(2,3)14-9-12-20(15(14)18(4,5)6)16(21)13-7-10-19-11-8-13;1-11(2,3)9-10(12(4,5)6)14-8-7-13-9/h7-8,10-11,14-15H,9,12H2,1-6H3;9-10H,7-8H2,1-6H3. The van der Waals surface area contributed by atoms with Gasteiger partial charge in [0.05, 0.1) is 25.4 Å². The molecule has 0 bridgehead atoms. The van der Waals surface area contributed by atoms with Crippen LogP contribution in [-0.2, 0) is 9.47 Å². The quantitative estimate of drug-likeness (QED) is 0.433. The van der Waals surface area contributed by atoms with Crippen molar-refractivity contribution < 1.29 is 14.3 Å². The smallest absolute Gasteiger partial charge is 0.254 e. The summed E-state index contributed by atoms with van der Waals surface area (Å²) in [5.41, 5.74) is 1.34. The molecule has 0 spiro atoms.